The Morgan fingerprint density at radius 3 is 2.88 bits per heavy atom. The van der Waals surface area contributed by atoms with Crippen molar-refractivity contribution in [1.82, 2.24) is 4.98 Å². The second-order valence-corrected chi connectivity index (χ2v) is 3.78. The first-order valence-corrected chi connectivity index (χ1v) is 5.25. The van der Waals surface area contributed by atoms with Crippen molar-refractivity contribution in [3.8, 4) is 11.5 Å². The summed E-state index contributed by atoms with van der Waals surface area (Å²) in [6.45, 7) is 1.78. The molecule has 0 saturated heterocycles. The summed E-state index contributed by atoms with van der Waals surface area (Å²) in [6.07, 6.45) is 1.07. The average Bonchev–Trinajstić information content (AvgIpc) is 2.61. The van der Waals surface area contributed by atoms with Gasteiger partial charge >= 0.3 is 0 Å². The topological polar surface area (TPSA) is 43.1 Å². The Balaban J connectivity index is 2.45. The van der Waals surface area contributed by atoms with Crippen LogP contribution >= 0.6 is 11.6 Å². The molecule has 0 aliphatic carbocycles. The lowest BCUT2D eigenvalue weighted by Gasteiger charge is -1.97. The first kappa shape index (κ1) is 10.9. The molecule has 1 aromatic carbocycles. The number of halogens is 1. The van der Waals surface area contributed by atoms with Gasteiger partial charge in [-0.1, -0.05) is 23.7 Å². The maximum absolute atomic E-state index is 10.4. The number of carbonyl (C=O) groups is 1. The Hall–Kier alpha value is -1.61. The fraction of sp³-hybridized carbons (Fsp3) is 0.167. The number of rotatable bonds is 3. The first-order chi connectivity index (χ1) is 7.72. The molecular formula is C12H10ClNO2. The van der Waals surface area contributed by atoms with Crippen LogP contribution in [0.25, 0.3) is 11.5 Å². The highest BCUT2D eigenvalue weighted by Crippen LogP contribution is 2.28. The fourth-order valence-corrected chi connectivity index (χ4v) is 1.66. The molecule has 2 rings (SSSR count). The lowest BCUT2D eigenvalue weighted by Crippen LogP contribution is -1.88. The van der Waals surface area contributed by atoms with Crippen LogP contribution in [0.3, 0.4) is 0 Å². The summed E-state index contributed by atoms with van der Waals surface area (Å²) in [6, 6.07) is 7.31. The number of aromatic nitrogens is 1. The van der Waals surface area contributed by atoms with Crippen molar-refractivity contribution in [2.45, 2.75) is 13.3 Å². The number of hydrogen-bond acceptors (Lipinski definition) is 3. The third-order valence-electron chi connectivity index (χ3n) is 2.27. The van der Waals surface area contributed by atoms with E-state index in [2.05, 4.69) is 4.98 Å². The normalized spacial score (nSPS) is 10.4. The minimum Gasteiger partial charge on any atom is -0.441 e. The summed E-state index contributed by atoms with van der Waals surface area (Å²) in [7, 11) is 0. The van der Waals surface area contributed by atoms with Gasteiger partial charge in [-0.25, -0.2) is 4.98 Å². The van der Waals surface area contributed by atoms with Crippen LogP contribution in [0, 0.1) is 6.92 Å². The van der Waals surface area contributed by atoms with E-state index in [4.69, 9.17) is 16.0 Å². The van der Waals surface area contributed by atoms with Crippen molar-refractivity contribution in [1.29, 1.82) is 0 Å². The Morgan fingerprint density at radius 2 is 2.19 bits per heavy atom. The second-order valence-electron chi connectivity index (χ2n) is 3.37. The number of carbonyl (C=O) groups excluding carboxylic acids is 1. The second kappa shape index (κ2) is 4.49. The molecule has 0 saturated carbocycles. The smallest absolute Gasteiger partial charge is 0.228 e. The third kappa shape index (κ3) is 1.99. The number of hydrogen-bond donors (Lipinski definition) is 0. The standard InChI is InChI=1S/C12H10ClNO2/c1-8-11(6-7-15)14-12(16-8)9-4-2-3-5-10(9)13/h2-5,7H,6H2,1H3. The van der Waals surface area contributed by atoms with E-state index < -0.39 is 0 Å². The molecule has 0 amide bonds. The van der Waals surface area contributed by atoms with Crippen LogP contribution in [0.4, 0.5) is 0 Å². The van der Waals surface area contributed by atoms with Gasteiger partial charge in [-0.2, -0.15) is 0 Å². The molecule has 82 valence electrons. The molecule has 3 nitrogen and oxygen atoms in total. The van der Waals surface area contributed by atoms with Crippen molar-refractivity contribution in [3.05, 3.63) is 40.7 Å². The van der Waals surface area contributed by atoms with Gasteiger partial charge in [0.05, 0.1) is 16.3 Å². The Kier molecular flexibility index (Phi) is 3.06. The minimum absolute atomic E-state index is 0.264. The van der Waals surface area contributed by atoms with E-state index in [9.17, 15) is 4.79 Å². The predicted octanol–water partition coefficient (Wildman–Crippen LogP) is 3.04. The maximum atomic E-state index is 10.4. The Morgan fingerprint density at radius 1 is 1.44 bits per heavy atom. The van der Waals surface area contributed by atoms with Gasteiger partial charge in [0.15, 0.2) is 0 Å². The molecule has 16 heavy (non-hydrogen) atoms. The number of benzene rings is 1. The SMILES string of the molecule is Cc1oc(-c2ccccc2Cl)nc1CC=O. The van der Waals surface area contributed by atoms with Gasteiger partial charge in [0, 0.05) is 6.42 Å². The molecule has 0 atom stereocenters. The van der Waals surface area contributed by atoms with Gasteiger partial charge in [0.1, 0.15) is 12.0 Å². The number of aryl methyl sites for hydroxylation is 1. The van der Waals surface area contributed by atoms with Gasteiger partial charge < -0.3 is 9.21 Å². The molecule has 2 aromatic rings. The molecule has 0 spiro atoms. The van der Waals surface area contributed by atoms with E-state index >= 15 is 0 Å². The Labute approximate surface area is 98.1 Å². The van der Waals surface area contributed by atoms with Crippen LogP contribution in [0.2, 0.25) is 5.02 Å². The molecule has 4 heteroatoms. The summed E-state index contributed by atoms with van der Waals surface area (Å²) < 4.78 is 5.48. The zero-order chi connectivity index (χ0) is 11.5. The van der Waals surface area contributed by atoms with Crippen molar-refractivity contribution in [2.75, 3.05) is 0 Å². The molecule has 0 aliphatic heterocycles. The van der Waals surface area contributed by atoms with Crippen LogP contribution in [0.1, 0.15) is 11.5 Å². The molecule has 0 fully saturated rings. The summed E-state index contributed by atoms with van der Waals surface area (Å²) in [4.78, 5) is 14.7. The van der Waals surface area contributed by atoms with Crippen LogP contribution in [0.15, 0.2) is 28.7 Å². The quantitative estimate of drug-likeness (QED) is 0.768. The van der Waals surface area contributed by atoms with Crippen LogP contribution in [-0.2, 0) is 11.2 Å². The minimum atomic E-state index is 0.264. The molecule has 1 aromatic heterocycles. The molecule has 0 radical (unpaired) electrons. The van der Waals surface area contributed by atoms with Crippen LogP contribution in [-0.4, -0.2) is 11.3 Å². The number of oxazole rings is 1. The van der Waals surface area contributed by atoms with E-state index in [0.717, 1.165) is 11.8 Å². The molecule has 0 bridgehead atoms. The molecule has 1 heterocycles. The lowest BCUT2D eigenvalue weighted by atomic mass is 10.2. The monoisotopic (exact) mass is 235 g/mol. The zero-order valence-corrected chi connectivity index (χ0v) is 9.49. The number of nitrogens with zero attached hydrogens (tertiary/aromatic N) is 1. The molecule has 0 unspecified atom stereocenters. The van der Waals surface area contributed by atoms with E-state index in [1.54, 1.807) is 13.0 Å². The Bertz CT molecular complexity index is 519. The van der Waals surface area contributed by atoms with Gasteiger partial charge in [-0.15, -0.1) is 0 Å². The zero-order valence-electron chi connectivity index (χ0n) is 8.74. The van der Waals surface area contributed by atoms with Gasteiger partial charge in [-0.3, -0.25) is 0 Å². The fourth-order valence-electron chi connectivity index (χ4n) is 1.45. The lowest BCUT2D eigenvalue weighted by molar-refractivity contribution is -0.107. The average molecular weight is 236 g/mol. The predicted molar refractivity (Wildman–Crippen MR) is 61.5 cm³/mol. The van der Waals surface area contributed by atoms with E-state index in [1.165, 1.54) is 0 Å². The van der Waals surface area contributed by atoms with Crippen molar-refractivity contribution >= 4 is 17.9 Å². The van der Waals surface area contributed by atoms with Crippen molar-refractivity contribution < 1.29 is 9.21 Å². The summed E-state index contributed by atoms with van der Waals surface area (Å²) in [5.74, 6) is 1.11. The highest BCUT2D eigenvalue weighted by atomic mass is 35.5. The highest BCUT2D eigenvalue weighted by molar-refractivity contribution is 6.33. The molecular weight excluding hydrogens is 226 g/mol. The molecule has 0 N–H and O–H groups in total. The van der Waals surface area contributed by atoms with Crippen molar-refractivity contribution in [3.63, 3.8) is 0 Å². The van der Waals surface area contributed by atoms with Gasteiger partial charge in [-0.05, 0) is 19.1 Å². The first-order valence-electron chi connectivity index (χ1n) is 4.87. The van der Waals surface area contributed by atoms with Crippen LogP contribution < -0.4 is 0 Å². The number of aldehydes is 1. The van der Waals surface area contributed by atoms with Crippen molar-refractivity contribution in [2.24, 2.45) is 0 Å². The van der Waals surface area contributed by atoms with E-state index in [0.29, 0.717) is 22.4 Å². The summed E-state index contributed by atoms with van der Waals surface area (Å²) in [5, 5.41) is 0.585. The van der Waals surface area contributed by atoms with Gasteiger partial charge in [0.2, 0.25) is 5.89 Å². The maximum Gasteiger partial charge on any atom is 0.228 e. The van der Waals surface area contributed by atoms with Gasteiger partial charge in [0.25, 0.3) is 0 Å². The summed E-state index contributed by atoms with van der Waals surface area (Å²) in [5.41, 5.74) is 1.40. The molecule has 0 aliphatic rings. The van der Waals surface area contributed by atoms with E-state index in [1.807, 2.05) is 18.2 Å². The summed E-state index contributed by atoms with van der Waals surface area (Å²) >= 11 is 6.03. The third-order valence-corrected chi connectivity index (χ3v) is 2.60. The largest absolute Gasteiger partial charge is 0.441 e. The highest BCUT2D eigenvalue weighted by Gasteiger charge is 2.12. The van der Waals surface area contributed by atoms with Crippen LogP contribution in [0.5, 0.6) is 0 Å². The van der Waals surface area contributed by atoms with E-state index in [-0.39, 0.29) is 6.42 Å².